The number of nitrogens with two attached hydrogens (primary N) is 3. The number of unbranched alkanes of at least 4 members (excludes halogenated alkanes) is 1. The minimum absolute atomic E-state index is 0.0122. The zero-order valence-electron chi connectivity index (χ0n) is 40.7. The SMILES string of the molecule is CC(C)[C@H]1NC(=O)[C@H](CCCCN)NC(=O)[C@@H](Cc2c[nH]c3ccccc23)NC[C@H](Cc2ccc(O)cc2)NC(=O)[C@@H](NC(=O)[C@@H](N)Cc2ccccc2)CSSC[C@H](C(=O)N[C@H](C(N)=O)[C@@H](C)O)NC1=O. The van der Waals surface area contributed by atoms with Crippen molar-refractivity contribution >= 4 is 73.8 Å². The van der Waals surface area contributed by atoms with Gasteiger partial charge in [0.15, 0.2) is 0 Å². The van der Waals surface area contributed by atoms with E-state index in [2.05, 4.69) is 42.2 Å². The maximum atomic E-state index is 14.7. The molecule has 20 nitrogen and oxygen atoms in total. The molecule has 2 heterocycles. The first-order chi connectivity index (χ1) is 34.4. The number of carbonyl (C=O) groups is 7. The van der Waals surface area contributed by atoms with E-state index in [1.165, 1.54) is 19.1 Å². The Labute approximate surface area is 427 Å². The largest absolute Gasteiger partial charge is 0.508 e. The van der Waals surface area contributed by atoms with Gasteiger partial charge in [-0.1, -0.05) is 96.1 Å². The lowest BCUT2D eigenvalue weighted by molar-refractivity contribution is -0.135. The van der Waals surface area contributed by atoms with E-state index in [1.54, 1.807) is 32.2 Å². The summed E-state index contributed by atoms with van der Waals surface area (Å²) in [7, 11) is 2.18. The molecule has 4 aromatic rings. The molecule has 9 atom stereocenters. The molecule has 0 unspecified atom stereocenters. The van der Waals surface area contributed by atoms with Gasteiger partial charge >= 0.3 is 0 Å². The quantitative estimate of drug-likeness (QED) is 0.0495. The number of aliphatic hydroxyl groups excluding tert-OH is 1. The van der Waals surface area contributed by atoms with Crippen LogP contribution in [-0.2, 0) is 52.8 Å². The predicted molar refractivity (Wildman–Crippen MR) is 279 cm³/mol. The summed E-state index contributed by atoms with van der Waals surface area (Å²) < 4.78 is 0. The Kier molecular flexibility index (Phi) is 22.2. The molecule has 0 bridgehead atoms. The molecule has 1 saturated heterocycles. The third-order valence-electron chi connectivity index (χ3n) is 12.2. The standard InChI is InChI=1S/C50H69N11O9S2/c1-28(2)42-50(70)59-41(49(69)61-43(29(3)62)44(53)64)27-72-71-26-40(58-45(65)36(52)22-30-11-5-4-6-12-30)48(68)56-33(21-31-16-18-34(63)19-17-31)25-55-39(23-32-24-54-37-14-8-7-13-35(32)37)47(67)57-38(46(66)60-42)15-9-10-20-51/h4-8,11-14,16-19,24,28-29,33,36,38-43,54-55,62-63H,9-10,15,20-23,25-27,51-52H2,1-3H3,(H2,53,64)(H,56,68)(H,57,67)(H,58,65)(H,59,70)(H,60,66)(H,61,69)/t29-,33+,36+,38+,39-,40+,41-,42-,43+/m1/s1. The third kappa shape index (κ3) is 17.3. The zero-order chi connectivity index (χ0) is 52.3. The lowest BCUT2D eigenvalue weighted by Gasteiger charge is -2.30. The predicted octanol–water partition coefficient (Wildman–Crippen LogP) is 0.142. The lowest BCUT2D eigenvalue weighted by atomic mass is 10.00. The molecular weight excluding hydrogens is 963 g/mol. The van der Waals surface area contributed by atoms with Crippen LogP contribution in [0.15, 0.2) is 85.1 Å². The Morgan fingerprint density at radius 1 is 0.778 bits per heavy atom. The Balaban J connectivity index is 1.55. The van der Waals surface area contributed by atoms with Crippen LogP contribution in [0.1, 0.15) is 56.7 Å². The van der Waals surface area contributed by atoms with Gasteiger partial charge in [0.25, 0.3) is 0 Å². The van der Waals surface area contributed by atoms with Crippen molar-refractivity contribution in [2.24, 2.45) is 23.1 Å². The smallest absolute Gasteiger partial charge is 0.244 e. The van der Waals surface area contributed by atoms with E-state index in [0.29, 0.717) is 19.4 Å². The van der Waals surface area contributed by atoms with Gasteiger partial charge in [-0.05, 0) is 92.8 Å². The number of phenols is 1. The maximum absolute atomic E-state index is 14.7. The van der Waals surface area contributed by atoms with Gasteiger partial charge < -0.3 is 69.6 Å². The number of fused-ring (bicyclic) bond motifs is 1. The molecule has 1 aliphatic rings. The van der Waals surface area contributed by atoms with E-state index in [1.807, 2.05) is 54.6 Å². The number of hydrogen-bond donors (Lipinski definition) is 13. The number of aromatic nitrogens is 1. The second kappa shape index (κ2) is 28.2. The van der Waals surface area contributed by atoms with Crippen LogP contribution < -0.4 is 54.4 Å². The Morgan fingerprint density at radius 3 is 2.14 bits per heavy atom. The number of benzene rings is 3. The van der Waals surface area contributed by atoms with E-state index >= 15 is 0 Å². The monoisotopic (exact) mass is 1030 g/mol. The van der Waals surface area contributed by atoms with E-state index < -0.39 is 102 Å². The molecular formula is C50H69N11O9S2. The summed E-state index contributed by atoms with van der Waals surface area (Å²) in [6, 6.07) is 13.9. The summed E-state index contributed by atoms with van der Waals surface area (Å²) in [4.78, 5) is 101. The summed E-state index contributed by atoms with van der Waals surface area (Å²) >= 11 is 0. The zero-order valence-corrected chi connectivity index (χ0v) is 42.4. The van der Waals surface area contributed by atoms with Crippen molar-refractivity contribution in [1.82, 2.24) is 42.2 Å². The molecule has 0 radical (unpaired) electrons. The van der Waals surface area contributed by atoms with Crippen LogP contribution in [-0.4, -0.2) is 136 Å². The molecule has 1 aliphatic heterocycles. The van der Waals surface area contributed by atoms with Crippen molar-refractivity contribution < 1.29 is 43.8 Å². The van der Waals surface area contributed by atoms with Gasteiger partial charge in [0.05, 0.1) is 18.2 Å². The van der Waals surface area contributed by atoms with Gasteiger partial charge in [0.2, 0.25) is 41.4 Å². The fourth-order valence-corrected chi connectivity index (χ4v) is 10.4. The highest BCUT2D eigenvalue weighted by Gasteiger charge is 2.35. The van der Waals surface area contributed by atoms with E-state index in [0.717, 1.165) is 49.2 Å². The molecule has 1 aromatic heterocycles. The van der Waals surface area contributed by atoms with Crippen LogP contribution in [0.2, 0.25) is 0 Å². The lowest BCUT2D eigenvalue weighted by Crippen LogP contribution is -2.61. The summed E-state index contributed by atoms with van der Waals surface area (Å²) in [5, 5.41) is 41.3. The molecule has 7 amide bonds. The first-order valence-corrected chi connectivity index (χ1v) is 26.5. The number of carbonyl (C=O) groups excluding carboxylic acids is 7. The van der Waals surface area contributed by atoms with Gasteiger partial charge in [0.1, 0.15) is 36.0 Å². The number of H-pyrrole nitrogens is 1. The number of hydrogen-bond acceptors (Lipinski definition) is 14. The van der Waals surface area contributed by atoms with E-state index in [9.17, 15) is 43.8 Å². The van der Waals surface area contributed by atoms with Gasteiger partial charge in [-0.2, -0.15) is 0 Å². The van der Waals surface area contributed by atoms with E-state index in [-0.39, 0.29) is 49.5 Å². The van der Waals surface area contributed by atoms with Gasteiger partial charge in [0, 0.05) is 41.2 Å². The molecule has 390 valence electrons. The number of aromatic amines is 1. The molecule has 3 aromatic carbocycles. The first-order valence-electron chi connectivity index (χ1n) is 24.0. The van der Waals surface area contributed by atoms with Crippen LogP contribution in [0.3, 0.4) is 0 Å². The van der Waals surface area contributed by atoms with Crippen molar-refractivity contribution in [2.75, 3.05) is 24.6 Å². The molecule has 0 saturated carbocycles. The minimum Gasteiger partial charge on any atom is -0.508 e. The molecule has 0 spiro atoms. The molecule has 72 heavy (non-hydrogen) atoms. The summed E-state index contributed by atoms with van der Waals surface area (Å²) in [6.07, 6.45) is 2.10. The van der Waals surface area contributed by atoms with Crippen LogP contribution in [0.5, 0.6) is 5.75 Å². The molecule has 0 aliphatic carbocycles. The summed E-state index contributed by atoms with van der Waals surface area (Å²) in [6.45, 7) is 5.00. The third-order valence-corrected chi connectivity index (χ3v) is 14.6. The number of rotatable bonds is 17. The normalized spacial score (nSPS) is 22.3. The average Bonchev–Trinajstić information content (AvgIpc) is 3.76. The second-order valence-corrected chi connectivity index (χ2v) is 20.8. The number of amides is 7. The highest BCUT2D eigenvalue weighted by molar-refractivity contribution is 8.76. The summed E-state index contributed by atoms with van der Waals surface area (Å²) in [5.74, 6) is -5.78. The van der Waals surface area contributed by atoms with Crippen molar-refractivity contribution in [1.29, 1.82) is 0 Å². The van der Waals surface area contributed by atoms with Crippen LogP contribution in [0.25, 0.3) is 10.9 Å². The number of nitrogens with one attached hydrogen (secondary N) is 8. The summed E-state index contributed by atoms with van der Waals surface area (Å²) in [5.41, 5.74) is 20.9. The van der Waals surface area contributed by atoms with E-state index in [4.69, 9.17) is 17.2 Å². The topological polar surface area (TPSA) is 338 Å². The first kappa shape index (κ1) is 56.7. The van der Waals surface area contributed by atoms with Crippen LogP contribution in [0, 0.1) is 5.92 Å². The van der Waals surface area contributed by atoms with Crippen LogP contribution in [0.4, 0.5) is 0 Å². The van der Waals surface area contributed by atoms with Gasteiger partial charge in [-0.15, -0.1) is 0 Å². The molecule has 22 heteroatoms. The van der Waals surface area contributed by atoms with Crippen molar-refractivity contribution in [3.05, 3.63) is 102 Å². The fourth-order valence-electron chi connectivity index (χ4n) is 8.06. The number of para-hydroxylation sites is 1. The van der Waals surface area contributed by atoms with Crippen molar-refractivity contribution in [3.63, 3.8) is 0 Å². The fraction of sp³-hybridized carbons (Fsp3) is 0.460. The Bertz CT molecular complexity index is 2440. The highest BCUT2D eigenvalue weighted by Crippen LogP contribution is 2.25. The number of aromatic hydroxyl groups is 1. The second-order valence-electron chi connectivity index (χ2n) is 18.3. The van der Waals surface area contributed by atoms with Crippen LogP contribution >= 0.6 is 21.6 Å². The number of primary amides is 1. The van der Waals surface area contributed by atoms with Gasteiger partial charge in [-0.25, -0.2) is 0 Å². The molecule has 5 rings (SSSR count). The van der Waals surface area contributed by atoms with Gasteiger partial charge in [-0.3, -0.25) is 33.6 Å². The Hall–Kier alpha value is -6.17. The molecule has 16 N–H and O–H groups in total. The minimum atomic E-state index is -1.52. The number of phenolic OH excluding ortho intramolecular Hbond substituents is 1. The van der Waals surface area contributed by atoms with Crippen molar-refractivity contribution in [3.8, 4) is 5.75 Å². The highest BCUT2D eigenvalue weighted by atomic mass is 33.1. The Morgan fingerprint density at radius 2 is 1.46 bits per heavy atom. The maximum Gasteiger partial charge on any atom is 0.244 e. The molecule has 1 fully saturated rings. The average molecular weight is 1030 g/mol. The van der Waals surface area contributed by atoms with Crippen molar-refractivity contribution in [2.45, 2.75) is 114 Å². The number of aliphatic hydroxyl groups is 1.